The van der Waals surface area contributed by atoms with Gasteiger partial charge in [0.25, 0.3) is 5.22 Å². The maximum Gasteiger partial charge on any atom is 0.277 e. The summed E-state index contributed by atoms with van der Waals surface area (Å²) >= 11 is 2.93. The van der Waals surface area contributed by atoms with Crippen molar-refractivity contribution in [3.63, 3.8) is 0 Å². The van der Waals surface area contributed by atoms with Gasteiger partial charge in [-0.25, -0.2) is 0 Å². The molecule has 0 saturated carbocycles. The first-order valence-corrected chi connectivity index (χ1v) is 9.65. The van der Waals surface area contributed by atoms with Crippen LogP contribution in [0.5, 0.6) is 0 Å². The summed E-state index contributed by atoms with van der Waals surface area (Å²) in [6, 6.07) is 6.16. The highest BCUT2D eigenvalue weighted by atomic mass is 32.2. The summed E-state index contributed by atoms with van der Waals surface area (Å²) in [6.07, 6.45) is 3.76. The summed E-state index contributed by atoms with van der Waals surface area (Å²) in [7, 11) is 0. The number of aromatic nitrogens is 2. The fourth-order valence-corrected chi connectivity index (χ4v) is 3.12. The van der Waals surface area contributed by atoms with Gasteiger partial charge in [-0.2, -0.15) is 11.8 Å². The smallest absolute Gasteiger partial charge is 0.277 e. The molecule has 1 heterocycles. The van der Waals surface area contributed by atoms with E-state index in [1.54, 1.807) is 11.8 Å². The van der Waals surface area contributed by atoms with Crippen LogP contribution in [0, 0.1) is 0 Å². The van der Waals surface area contributed by atoms with E-state index in [1.165, 1.54) is 17.3 Å². The first-order valence-electron chi connectivity index (χ1n) is 7.27. The Hall–Kier alpha value is -1.27. The molecule has 118 valence electrons. The fourth-order valence-electron chi connectivity index (χ4n) is 2.09. The summed E-state index contributed by atoms with van der Waals surface area (Å²) in [4.78, 5) is 12.5. The lowest BCUT2D eigenvalue weighted by molar-refractivity contribution is 0.102. The first-order chi connectivity index (χ1) is 10.7. The lowest BCUT2D eigenvalue weighted by Crippen LogP contribution is -2.07. The molecule has 0 aliphatic carbocycles. The molecule has 2 aromatic rings. The molecule has 0 N–H and O–H groups in total. The van der Waals surface area contributed by atoms with Crippen molar-refractivity contribution < 1.29 is 9.21 Å². The van der Waals surface area contributed by atoms with Gasteiger partial charge in [0.1, 0.15) is 0 Å². The van der Waals surface area contributed by atoms with Gasteiger partial charge >= 0.3 is 0 Å². The predicted molar refractivity (Wildman–Crippen MR) is 91.8 cm³/mol. The maximum absolute atomic E-state index is 12.5. The Balaban J connectivity index is 2.04. The summed E-state index contributed by atoms with van der Waals surface area (Å²) in [5, 5.41) is 8.37. The number of aryl methyl sites for hydroxylation is 2. The molecule has 2 rings (SSSR count). The van der Waals surface area contributed by atoms with E-state index >= 15 is 0 Å². The van der Waals surface area contributed by atoms with Gasteiger partial charge in [-0.3, -0.25) is 4.79 Å². The Morgan fingerprint density at radius 3 is 2.73 bits per heavy atom. The number of carbonyl (C=O) groups is 1. The lowest BCUT2D eigenvalue weighted by Gasteiger charge is -2.08. The zero-order valence-electron chi connectivity index (χ0n) is 13.1. The molecule has 1 aromatic carbocycles. The van der Waals surface area contributed by atoms with Crippen molar-refractivity contribution in [2.45, 2.75) is 37.7 Å². The van der Waals surface area contributed by atoms with Crippen LogP contribution in [-0.2, 0) is 18.6 Å². The number of Topliss-reactive ketones (excluding diaryl/α,β-unsaturated/α-hetero) is 1. The molecule has 1 aromatic heterocycles. The summed E-state index contributed by atoms with van der Waals surface area (Å²) in [5.74, 6) is 1.73. The number of benzene rings is 1. The number of hydrogen-bond acceptors (Lipinski definition) is 6. The Bertz CT molecular complexity index is 641. The van der Waals surface area contributed by atoms with Crippen LogP contribution >= 0.6 is 23.5 Å². The van der Waals surface area contributed by atoms with Crippen LogP contribution in [0.3, 0.4) is 0 Å². The second-order valence-electron chi connectivity index (χ2n) is 4.81. The largest absolute Gasteiger partial charge is 0.415 e. The van der Waals surface area contributed by atoms with Gasteiger partial charge in [0.15, 0.2) is 5.78 Å². The van der Waals surface area contributed by atoms with Crippen molar-refractivity contribution in [3.8, 4) is 0 Å². The zero-order chi connectivity index (χ0) is 15.9. The SMILES string of the molecule is CCc1ccc(CC)c(C(=O)CSc2nnc(CSC)o2)c1. The van der Waals surface area contributed by atoms with E-state index in [1.807, 2.05) is 12.3 Å². The van der Waals surface area contributed by atoms with Crippen LogP contribution in [0.25, 0.3) is 0 Å². The molecule has 4 nitrogen and oxygen atoms in total. The molecular weight excluding hydrogens is 316 g/mol. The molecule has 0 unspecified atom stereocenters. The molecule has 0 aliphatic rings. The number of nitrogens with zero attached hydrogens (tertiary/aromatic N) is 2. The van der Waals surface area contributed by atoms with E-state index in [-0.39, 0.29) is 5.78 Å². The summed E-state index contributed by atoms with van der Waals surface area (Å²) in [6.45, 7) is 4.16. The molecule has 0 bridgehead atoms. The number of ketones is 1. The molecule has 6 heteroatoms. The molecule has 0 fully saturated rings. The third-order valence-electron chi connectivity index (χ3n) is 3.31. The van der Waals surface area contributed by atoms with Crippen molar-refractivity contribution in [2.24, 2.45) is 0 Å². The van der Waals surface area contributed by atoms with E-state index in [0.717, 1.165) is 24.0 Å². The minimum Gasteiger partial charge on any atom is -0.415 e. The quantitative estimate of drug-likeness (QED) is 0.536. The standard InChI is InChI=1S/C16H20N2O2S2/c1-4-11-6-7-12(5-2)13(8-11)14(19)9-22-16-18-17-15(20-16)10-21-3/h6-8H,4-5,9-10H2,1-3H3. The van der Waals surface area contributed by atoms with E-state index in [0.29, 0.717) is 22.6 Å². The van der Waals surface area contributed by atoms with Crippen molar-refractivity contribution in [3.05, 3.63) is 40.8 Å². The maximum atomic E-state index is 12.5. The molecule has 0 radical (unpaired) electrons. The van der Waals surface area contributed by atoms with E-state index in [4.69, 9.17) is 4.42 Å². The van der Waals surface area contributed by atoms with Crippen LogP contribution in [0.4, 0.5) is 0 Å². The second-order valence-corrected chi connectivity index (χ2v) is 6.60. The van der Waals surface area contributed by atoms with Gasteiger partial charge in [-0.15, -0.1) is 10.2 Å². The number of thioether (sulfide) groups is 2. The first kappa shape index (κ1) is 17.1. The second kappa shape index (κ2) is 8.39. The van der Waals surface area contributed by atoms with Crippen LogP contribution in [0.15, 0.2) is 27.8 Å². The van der Waals surface area contributed by atoms with Gasteiger partial charge in [0, 0.05) is 5.56 Å². The van der Waals surface area contributed by atoms with Crippen LogP contribution in [0.1, 0.15) is 41.2 Å². The minimum atomic E-state index is 0.113. The van der Waals surface area contributed by atoms with E-state index < -0.39 is 0 Å². The average molecular weight is 336 g/mol. The number of rotatable bonds is 8. The summed E-state index contributed by atoms with van der Waals surface area (Å²) < 4.78 is 5.48. The van der Waals surface area contributed by atoms with E-state index in [9.17, 15) is 4.79 Å². The zero-order valence-corrected chi connectivity index (χ0v) is 14.7. The Labute approximate surface area is 139 Å². The van der Waals surface area contributed by atoms with Crippen molar-refractivity contribution in [1.29, 1.82) is 0 Å². The molecule has 0 atom stereocenters. The third kappa shape index (κ3) is 4.36. The highest BCUT2D eigenvalue weighted by Gasteiger charge is 2.14. The van der Waals surface area contributed by atoms with Gasteiger partial charge in [0.2, 0.25) is 5.89 Å². The van der Waals surface area contributed by atoms with Gasteiger partial charge < -0.3 is 4.42 Å². The van der Waals surface area contributed by atoms with Crippen LogP contribution in [-0.4, -0.2) is 28.0 Å². The summed E-state index contributed by atoms with van der Waals surface area (Å²) in [5.41, 5.74) is 3.10. The highest BCUT2D eigenvalue weighted by molar-refractivity contribution is 7.99. The Kier molecular flexibility index (Phi) is 6.51. The predicted octanol–water partition coefficient (Wildman–Crippen LogP) is 4.03. The molecule has 22 heavy (non-hydrogen) atoms. The molecule has 0 spiro atoms. The Morgan fingerprint density at radius 1 is 1.23 bits per heavy atom. The van der Waals surface area contributed by atoms with Crippen LogP contribution in [0.2, 0.25) is 0 Å². The van der Waals surface area contributed by atoms with Gasteiger partial charge in [0.05, 0.1) is 11.5 Å². The molecule has 0 aliphatic heterocycles. The average Bonchev–Trinajstić information content (AvgIpc) is 3.00. The lowest BCUT2D eigenvalue weighted by atomic mass is 9.98. The van der Waals surface area contributed by atoms with E-state index in [2.05, 4.69) is 36.2 Å². The van der Waals surface area contributed by atoms with Crippen molar-refractivity contribution in [1.82, 2.24) is 10.2 Å². The monoisotopic (exact) mass is 336 g/mol. The highest BCUT2D eigenvalue weighted by Crippen LogP contribution is 2.21. The van der Waals surface area contributed by atoms with Crippen molar-refractivity contribution in [2.75, 3.05) is 12.0 Å². The topological polar surface area (TPSA) is 56.0 Å². The Morgan fingerprint density at radius 2 is 2.05 bits per heavy atom. The third-order valence-corrected chi connectivity index (χ3v) is 4.66. The number of carbonyl (C=O) groups excluding carboxylic acids is 1. The molecule has 0 amide bonds. The van der Waals surface area contributed by atoms with Gasteiger partial charge in [-0.05, 0) is 36.3 Å². The molecule has 0 saturated heterocycles. The number of hydrogen-bond donors (Lipinski definition) is 0. The molecular formula is C16H20N2O2S2. The fraction of sp³-hybridized carbons (Fsp3) is 0.438. The normalized spacial score (nSPS) is 10.9. The minimum absolute atomic E-state index is 0.113. The van der Waals surface area contributed by atoms with Crippen LogP contribution < -0.4 is 0 Å². The van der Waals surface area contributed by atoms with Crippen molar-refractivity contribution >= 4 is 29.3 Å². The van der Waals surface area contributed by atoms with Gasteiger partial charge in [-0.1, -0.05) is 37.7 Å².